The summed E-state index contributed by atoms with van der Waals surface area (Å²) in [7, 11) is 0. The molecule has 1 aromatic carbocycles. The van der Waals surface area contributed by atoms with Crippen LogP contribution < -0.4 is 22.7 Å². The quantitative estimate of drug-likeness (QED) is 0.599. The van der Waals surface area contributed by atoms with Crippen molar-refractivity contribution in [1.82, 2.24) is 4.90 Å². The second kappa shape index (κ2) is 5.23. The first-order valence-corrected chi connectivity index (χ1v) is 5.00. The molecule has 16 heavy (non-hydrogen) atoms. The largest absolute Gasteiger partial charge is 1.00 e. The van der Waals surface area contributed by atoms with Gasteiger partial charge in [0.1, 0.15) is 0 Å². The van der Waals surface area contributed by atoms with Gasteiger partial charge in [-0.25, -0.2) is 0 Å². The molecule has 86 valence electrons. The highest BCUT2D eigenvalue weighted by atomic mass is 79.9. The Morgan fingerprint density at radius 2 is 1.56 bits per heavy atom. The third-order valence-corrected chi connectivity index (χ3v) is 2.51. The Morgan fingerprint density at radius 3 is 2.00 bits per heavy atom. The van der Waals surface area contributed by atoms with Crippen molar-refractivity contribution < 1.29 is 32.3 Å². The highest BCUT2D eigenvalue weighted by Gasteiger charge is 2.34. The molecule has 2 amide bonds. The molecule has 0 unspecified atom stereocenters. The zero-order valence-electron chi connectivity index (χ0n) is 8.78. The fraction of sp³-hybridized carbons (Fsp3) is 0.273. The summed E-state index contributed by atoms with van der Waals surface area (Å²) < 4.78 is 0. The van der Waals surface area contributed by atoms with Crippen LogP contribution in [0.2, 0.25) is 0 Å². The fourth-order valence-corrected chi connectivity index (χ4v) is 1.71. The Labute approximate surface area is 104 Å². The third-order valence-electron chi connectivity index (χ3n) is 2.51. The molecule has 1 aliphatic heterocycles. The zero-order chi connectivity index (χ0) is 10.8. The Kier molecular flexibility index (Phi) is 4.20. The number of hydrogen-bond acceptors (Lipinski definition) is 2. The van der Waals surface area contributed by atoms with E-state index in [2.05, 4.69) is 5.73 Å². The van der Waals surface area contributed by atoms with E-state index in [-0.39, 0.29) is 28.8 Å². The number of amides is 2. The number of rotatable bonds is 3. The molecule has 0 saturated heterocycles. The first kappa shape index (κ1) is 12.9. The van der Waals surface area contributed by atoms with Crippen molar-refractivity contribution in [3.8, 4) is 0 Å². The minimum absolute atomic E-state index is 0. The van der Waals surface area contributed by atoms with Gasteiger partial charge in [0.2, 0.25) is 0 Å². The maximum Gasteiger partial charge on any atom is 0.261 e. The molecule has 0 fully saturated rings. The number of carbonyl (C=O) groups is 2. The number of fused-ring (bicyclic) bond motifs is 1. The third kappa shape index (κ3) is 2.01. The SMILES string of the molecule is [Br-].[NH3+]CCCN1C(=O)c2ccccc2C1=O. The molecule has 0 aliphatic carbocycles. The number of imide groups is 1. The number of benzene rings is 1. The summed E-state index contributed by atoms with van der Waals surface area (Å²) in [5.74, 6) is -0.354. The maximum atomic E-state index is 11.8. The Hall–Kier alpha value is -1.20. The van der Waals surface area contributed by atoms with E-state index >= 15 is 0 Å². The second-order valence-electron chi connectivity index (χ2n) is 3.51. The van der Waals surface area contributed by atoms with Crippen LogP contribution in [0.25, 0.3) is 0 Å². The first-order valence-electron chi connectivity index (χ1n) is 5.00. The molecule has 0 aromatic heterocycles. The maximum absolute atomic E-state index is 11.8. The first-order chi connectivity index (χ1) is 7.25. The van der Waals surface area contributed by atoms with Crippen molar-refractivity contribution in [2.24, 2.45) is 0 Å². The van der Waals surface area contributed by atoms with Crippen molar-refractivity contribution in [1.29, 1.82) is 0 Å². The van der Waals surface area contributed by atoms with Crippen LogP contribution in [-0.4, -0.2) is 29.8 Å². The lowest BCUT2D eigenvalue weighted by Gasteiger charge is -2.11. The Balaban J connectivity index is 0.00000128. The van der Waals surface area contributed by atoms with Gasteiger partial charge in [0.15, 0.2) is 0 Å². The molecule has 0 radical (unpaired) electrons. The Bertz CT molecular complexity index is 385. The number of quaternary nitrogens is 1. The Morgan fingerprint density at radius 1 is 1.06 bits per heavy atom. The van der Waals surface area contributed by atoms with Crippen molar-refractivity contribution in [3.05, 3.63) is 35.4 Å². The summed E-state index contributed by atoms with van der Waals surface area (Å²) in [6.45, 7) is 1.20. The van der Waals surface area contributed by atoms with Crippen LogP contribution in [0.5, 0.6) is 0 Å². The average Bonchev–Trinajstić information content (AvgIpc) is 2.51. The van der Waals surface area contributed by atoms with Crippen molar-refractivity contribution >= 4 is 11.8 Å². The van der Waals surface area contributed by atoms with Gasteiger partial charge in [-0.1, -0.05) is 12.1 Å². The van der Waals surface area contributed by atoms with Crippen LogP contribution in [0.4, 0.5) is 0 Å². The summed E-state index contributed by atoms with van der Waals surface area (Å²) in [6, 6.07) is 6.93. The van der Waals surface area contributed by atoms with Gasteiger partial charge in [-0.05, 0) is 12.1 Å². The molecule has 1 aromatic rings. The summed E-state index contributed by atoms with van der Waals surface area (Å²) >= 11 is 0. The topological polar surface area (TPSA) is 65.0 Å². The molecular formula is C11H13BrN2O2. The molecule has 0 spiro atoms. The van der Waals surface area contributed by atoms with Crippen molar-refractivity contribution in [2.45, 2.75) is 6.42 Å². The molecular weight excluding hydrogens is 272 g/mol. The molecule has 3 N–H and O–H groups in total. The van der Waals surface area contributed by atoms with Gasteiger partial charge in [-0.2, -0.15) is 0 Å². The summed E-state index contributed by atoms with van der Waals surface area (Å²) in [5, 5.41) is 0. The standard InChI is InChI=1S/C11H12N2O2.BrH/c12-6-3-7-13-10(14)8-4-1-2-5-9(8)11(13)15;/h1-2,4-5H,3,6-7,12H2;1H. The molecule has 1 aliphatic rings. The van der Waals surface area contributed by atoms with Gasteiger partial charge in [-0.15, -0.1) is 0 Å². The highest BCUT2D eigenvalue weighted by molar-refractivity contribution is 6.21. The molecule has 0 bridgehead atoms. The minimum Gasteiger partial charge on any atom is -1.00 e. The fourth-order valence-electron chi connectivity index (χ4n) is 1.71. The van der Waals surface area contributed by atoms with E-state index in [9.17, 15) is 9.59 Å². The summed E-state index contributed by atoms with van der Waals surface area (Å²) in [6.07, 6.45) is 0.755. The van der Waals surface area contributed by atoms with Crippen LogP contribution in [0.15, 0.2) is 24.3 Å². The molecule has 1 heterocycles. The molecule has 5 heteroatoms. The van der Waals surface area contributed by atoms with Crippen LogP contribution in [0, 0.1) is 0 Å². The van der Waals surface area contributed by atoms with Gasteiger partial charge in [-0.3, -0.25) is 14.5 Å². The van der Waals surface area contributed by atoms with Gasteiger partial charge in [0.05, 0.1) is 17.7 Å². The second-order valence-corrected chi connectivity index (χ2v) is 3.51. The van der Waals surface area contributed by atoms with E-state index in [1.165, 1.54) is 4.90 Å². The number of halogens is 1. The van der Waals surface area contributed by atoms with E-state index in [1.54, 1.807) is 24.3 Å². The summed E-state index contributed by atoms with van der Waals surface area (Å²) in [4.78, 5) is 24.9. The number of nitrogens with zero attached hydrogens (tertiary/aromatic N) is 1. The summed E-state index contributed by atoms with van der Waals surface area (Å²) in [5.41, 5.74) is 4.74. The average molecular weight is 285 g/mol. The lowest BCUT2D eigenvalue weighted by atomic mass is 10.1. The van der Waals surface area contributed by atoms with Crippen LogP contribution in [0.3, 0.4) is 0 Å². The molecule has 2 rings (SSSR count). The molecule has 0 saturated carbocycles. The lowest BCUT2D eigenvalue weighted by Crippen LogP contribution is -3.00. The van der Waals surface area contributed by atoms with Gasteiger partial charge < -0.3 is 22.7 Å². The highest BCUT2D eigenvalue weighted by Crippen LogP contribution is 2.22. The smallest absolute Gasteiger partial charge is 0.261 e. The monoisotopic (exact) mass is 284 g/mol. The van der Waals surface area contributed by atoms with Crippen molar-refractivity contribution in [3.63, 3.8) is 0 Å². The van der Waals surface area contributed by atoms with E-state index in [4.69, 9.17) is 0 Å². The zero-order valence-corrected chi connectivity index (χ0v) is 10.4. The van der Waals surface area contributed by atoms with Gasteiger partial charge in [0.25, 0.3) is 11.8 Å². The normalized spacial score (nSPS) is 13.7. The van der Waals surface area contributed by atoms with Crippen LogP contribution >= 0.6 is 0 Å². The van der Waals surface area contributed by atoms with Crippen LogP contribution in [-0.2, 0) is 0 Å². The molecule has 0 atom stereocenters. The van der Waals surface area contributed by atoms with Crippen molar-refractivity contribution in [2.75, 3.05) is 13.1 Å². The predicted molar refractivity (Wildman–Crippen MR) is 54.2 cm³/mol. The number of carbonyl (C=O) groups excluding carboxylic acids is 2. The van der Waals surface area contributed by atoms with Gasteiger partial charge in [0, 0.05) is 13.0 Å². The minimum atomic E-state index is -0.177. The molecule has 4 nitrogen and oxygen atoms in total. The lowest BCUT2D eigenvalue weighted by molar-refractivity contribution is -0.368. The van der Waals surface area contributed by atoms with Gasteiger partial charge >= 0.3 is 0 Å². The van der Waals surface area contributed by atoms with E-state index in [1.807, 2.05) is 0 Å². The van der Waals surface area contributed by atoms with E-state index < -0.39 is 0 Å². The van der Waals surface area contributed by atoms with E-state index in [0.29, 0.717) is 17.7 Å². The number of hydrogen-bond donors (Lipinski definition) is 1. The predicted octanol–water partition coefficient (Wildman–Crippen LogP) is -3.08. The van der Waals surface area contributed by atoms with Crippen LogP contribution in [0.1, 0.15) is 27.1 Å². The van der Waals surface area contributed by atoms with E-state index in [0.717, 1.165) is 13.0 Å².